The van der Waals surface area contributed by atoms with Crippen LogP contribution in [0.15, 0.2) is 28.9 Å². The SMILES string of the molecule is CS(=O)(=O)Nc1nc(C(=O)N[C@@H](Cc2cc(F)cc(F)c2)[C@@H](O)CNC2CC2)co1. The van der Waals surface area contributed by atoms with Gasteiger partial charge in [-0.25, -0.2) is 21.9 Å². The zero-order valence-corrected chi connectivity index (χ0v) is 16.9. The van der Waals surface area contributed by atoms with Crippen molar-refractivity contribution < 1.29 is 31.5 Å². The molecule has 1 fully saturated rings. The minimum absolute atomic E-state index is 0.0414. The number of hydrogen-bond acceptors (Lipinski definition) is 7. The van der Waals surface area contributed by atoms with Gasteiger partial charge in [0.05, 0.1) is 18.4 Å². The van der Waals surface area contributed by atoms with Gasteiger partial charge >= 0.3 is 6.01 Å². The van der Waals surface area contributed by atoms with Crippen molar-refractivity contribution in [2.45, 2.75) is 37.5 Å². The third-order valence-corrected chi connectivity index (χ3v) is 4.91. The first-order chi connectivity index (χ1) is 14.1. The number of anilines is 1. The zero-order valence-electron chi connectivity index (χ0n) is 16.1. The average molecular weight is 444 g/mol. The molecule has 2 atom stereocenters. The molecule has 0 aliphatic heterocycles. The molecule has 0 spiro atoms. The molecule has 0 unspecified atom stereocenters. The molecule has 0 bridgehead atoms. The molecule has 4 N–H and O–H groups in total. The van der Waals surface area contributed by atoms with Gasteiger partial charge in [-0.15, -0.1) is 0 Å². The molecule has 2 aromatic rings. The van der Waals surface area contributed by atoms with E-state index in [1.54, 1.807) is 0 Å². The summed E-state index contributed by atoms with van der Waals surface area (Å²) < 4.78 is 56.4. The van der Waals surface area contributed by atoms with Crippen molar-refractivity contribution in [3.05, 3.63) is 47.4 Å². The van der Waals surface area contributed by atoms with Crippen LogP contribution in [0.5, 0.6) is 0 Å². The van der Waals surface area contributed by atoms with Gasteiger partial charge in [0, 0.05) is 18.7 Å². The number of nitrogens with one attached hydrogen (secondary N) is 3. The normalized spacial score (nSPS) is 16.1. The van der Waals surface area contributed by atoms with Gasteiger partial charge in [-0.1, -0.05) is 0 Å². The molecule has 0 saturated heterocycles. The Morgan fingerprint density at radius 2 is 1.97 bits per heavy atom. The van der Waals surface area contributed by atoms with Crippen LogP contribution >= 0.6 is 0 Å². The Morgan fingerprint density at radius 1 is 1.30 bits per heavy atom. The van der Waals surface area contributed by atoms with E-state index in [0.717, 1.165) is 43.6 Å². The molecule has 3 rings (SSSR count). The topological polar surface area (TPSA) is 134 Å². The maximum absolute atomic E-state index is 13.5. The average Bonchev–Trinajstić information content (AvgIpc) is 3.34. The number of aliphatic hydroxyl groups is 1. The van der Waals surface area contributed by atoms with Gasteiger partial charge in [-0.2, -0.15) is 4.98 Å². The largest absolute Gasteiger partial charge is 0.431 e. The quantitative estimate of drug-likeness (QED) is 0.426. The molecule has 0 radical (unpaired) electrons. The van der Waals surface area contributed by atoms with Gasteiger partial charge in [-0.3, -0.25) is 4.79 Å². The number of aromatic nitrogens is 1. The lowest BCUT2D eigenvalue weighted by Crippen LogP contribution is -2.49. The van der Waals surface area contributed by atoms with Crippen LogP contribution in [0.25, 0.3) is 0 Å². The van der Waals surface area contributed by atoms with Crippen LogP contribution in [0.2, 0.25) is 0 Å². The van der Waals surface area contributed by atoms with Crippen molar-refractivity contribution in [1.29, 1.82) is 0 Å². The lowest BCUT2D eigenvalue weighted by molar-refractivity contribution is 0.0825. The van der Waals surface area contributed by atoms with E-state index in [1.165, 1.54) is 0 Å². The van der Waals surface area contributed by atoms with Crippen molar-refractivity contribution >= 4 is 21.9 Å². The standard InChI is InChI=1S/C18H22F2N4O5S/c1-30(27,28)24-18-23-15(9-29-18)17(26)22-14(16(25)8-21-13-2-3-13)6-10-4-11(19)7-12(20)5-10/h4-5,7,9,13-14,16,21,25H,2-3,6,8H2,1H3,(H,22,26)(H,23,24)/t14-,16-/m0/s1. The van der Waals surface area contributed by atoms with Crippen LogP contribution in [0.4, 0.5) is 14.8 Å². The summed E-state index contributed by atoms with van der Waals surface area (Å²) >= 11 is 0. The van der Waals surface area contributed by atoms with E-state index in [0.29, 0.717) is 6.04 Å². The molecule has 164 valence electrons. The lowest BCUT2D eigenvalue weighted by Gasteiger charge is -2.24. The Morgan fingerprint density at radius 3 is 2.57 bits per heavy atom. The molecule has 1 aromatic heterocycles. The lowest BCUT2D eigenvalue weighted by atomic mass is 10.0. The van der Waals surface area contributed by atoms with Crippen LogP contribution in [0.1, 0.15) is 28.9 Å². The highest BCUT2D eigenvalue weighted by Crippen LogP contribution is 2.19. The number of carbonyl (C=O) groups is 1. The molecule has 1 aliphatic carbocycles. The van der Waals surface area contributed by atoms with E-state index < -0.39 is 39.7 Å². The Balaban J connectivity index is 1.72. The predicted molar refractivity (Wildman–Crippen MR) is 103 cm³/mol. The Hall–Kier alpha value is -2.57. The Labute approximate surface area is 171 Å². The first-order valence-electron chi connectivity index (χ1n) is 9.19. The van der Waals surface area contributed by atoms with Crippen LogP contribution in [0, 0.1) is 11.6 Å². The van der Waals surface area contributed by atoms with Crippen molar-refractivity contribution in [2.75, 3.05) is 17.5 Å². The minimum atomic E-state index is -3.64. The van der Waals surface area contributed by atoms with Gasteiger partial charge in [0.1, 0.15) is 17.9 Å². The number of rotatable bonds is 10. The summed E-state index contributed by atoms with van der Waals surface area (Å²) in [7, 11) is -3.64. The van der Waals surface area contributed by atoms with E-state index in [4.69, 9.17) is 4.42 Å². The van der Waals surface area contributed by atoms with Gasteiger partial charge in [0.2, 0.25) is 10.0 Å². The van der Waals surface area contributed by atoms with Crippen LogP contribution in [0.3, 0.4) is 0 Å². The van der Waals surface area contributed by atoms with Crippen molar-refractivity contribution in [1.82, 2.24) is 15.6 Å². The fraction of sp³-hybridized carbons (Fsp3) is 0.444. The van der Waals surface area contributed by atoms with E-state index in [9.17, 15) is 27.1 Å². The summed E-state index contributed by atoms with van der Waals surface area (Å²) in [4.78, 5) is 16.3. The molecule has 1 heterocycles. The van der Waals surface area contributed by atoms with Crippen LogP contribution in [-0.2, 0) is 16.4 Å². The number of nitrogens with zero attached hydrogens (tertiary/aromatic N) is 1. The van der Waals surface area contributed by atoms with Crippen molar-refractivity contribution in [2.24, 2.45) is 0 Å². The number of benzene rings is 1. The number of hydrogen-bond donors (Lipinski definition) is 4. The molecular weight excluding hydrogens is 422 g/mol. The second-order valence-corrected chi connectivity index (χ2v) is 8.97. The number of aliphatic hydroxyl groups excluding tert-OH is 1. The summed E-state index contributed by atoms with van der Waals surface area (Å²) in [6.07, 6.45) is 2.74. The highest BCUT2D eigenvalue weighted by Gasteiger charge is 2.27. The Kier molecular flexibility index (Phi) is 6.68. The summed E-state index contributed by atoms with van der Waals surface area (Å²) in [5.41, 5.74) is 0.0294. The molecule has 30 heavy (non-hydrogen) atoms. The highest BCUT2D eigenvalue weighted by atomic mass is 32.2. The summed E-state index contributed by atoms with van der Waals surface area (Å²) in [6.45, 7) is 0.174. The second-order valence-electron chi connectivity index (χ2n) is 7.22. The molecule has 9 nitrogen and oxygen atoms in total. The summed E-state index contributed by atoms with van der Waals surface area (Å²) in [6, 6.07) is 1.99. The zero-order chi connectivity index (χ0) is 21.9. The molecule has 12 heteroatoms. The smallest absolute Gasteiger partial charge is 0.309 e. The van der Waals surface area contributed by atoms with E-state index >= 15 is 0 Å². The third kappa shape index (κ3) is 6.75. The maximum atomic E-state index is 13.5. The monoisotopic (exact) mass is 444 g/mol. The molecule has 1 aliphatic rings. The first-order valence-corrected chi connectivity index (χ1v) is 11.1. The molecular formula is C18H22F2N4O5S. The van der Waals surface area contributed by atoms with Crippen LogP contribution < -0.4 is 15.4 Å². The van der Waals surface area contributed by atoms with E-state index in [1.807, 2.05) is 4.72 Å². The number of carbonyl (C=O) groups excluding carboxylic acids is 1. The summed E-state index contributed by atoms with van der Waals surface area (Å²) in [5.74, 6) is -2.28. The Bertz CT molecular complexity index is 990. The fourth-order valence-corrected chi connectivity index (χ4v) is 3.22. The highest BCUT2D eigenvalue weighted by molar-refractivity contribution is 7.91. The van der Waals surface area contributed by atoms with Gasteiger partial charge < -0.3 is 20.2 Å². The van der Waals surface area contributed by atoms with Crippen LogP contribution in [-0.4, -0.2) is 55.4 Å². The second kappa shape index (κ2) is 9.06. The number of sulfonamides is 1. The molecule has 1 aromatic carbocycles. The predicted octanol–water partition coefficient (Wildman–Crippen LogP) is 0.778. The van der Waals surface area contributed by atoms with Gasteiger partial charge in [0.25, 0.3) is 5.91 Å². The molecule has 1 amide bonds. The van der Waals surface area contributed by atoms with Crippen molar-refractivity contribution in [3.63, 3.8) is 0 Å². The fourth-order valence-electron chi connectivity index (χ4n) is 2.81. The van der Waals surface area contributed by atoms with Gasteiger partial charge in [-0.05, 0) is 37.0 Å². The number of amides is 1. The third-order valence-electron chi connectivity index (χ3n) is 4.36. The maximum Gasteiger partial charge on any atom is 0.309 e. The number of oxazole rings is 1. The number of halogens is 2. The summed E-state index contributed by atoms with van der Waals surface area (Å²) in [5, 5.41) is 16.2. The van der Waals surface area contributed by atoms with Crippen molar-refractivity contribution in [3.8, 4) is 0 Å². The van der Waals surface area contributed by atoms with Gasteiger partial charge in [0.15, 0.2) is 5.69 Å². The minimum Gasteiger partial charge on any atom is -0.431 e. The molecule has 1 saturated carbocycles. The van der Waals surface area contributed by atoms with E-state index in [-0.39, 0.29) is 30.2 Å². The first kappa shape index (κ1) is 22.1. The van der Waals surface area contributed by atoms with E-state index in [2.05, 4.69) is 15.6 Å².